The van der Waals surface area contributed by atoms with Crippen LogP contribution in [0.1, 0.15) is 36.1 Å². The van der Waals surface area contributed by atoms with E-state index < -0.39 is 0 Å². The Kier molecular flexibility index (Phi) is 4.13. The third-order valence-corrected chi connectivity index (χ3v) is 6.14. The molecule has 0 aliphatic heterocycles. The van der Waals surface area contributed by atoms with Crippen molar-refractivity contribution < 1.29 is 4.74 Å². The van der Waals surface area contributed by atoms with Gasteiger partial charge in [0.2, 0.25) is 11.0 Å². The van der Waals surface area contributed by atoms with E-state index in [4.69, 9.17) is 9.72 Å². The molecule has 2 aliphatic carbocycles. The number of pyridine rings is 1. The molecule has 5 rings (SSSR count). The highest BCUT2D eigenvalue weighted by atomic mass is 32.1. The molecule has 27 heavy (non-hydrogen) atoms. The minimum atomic E-state index is 0.336. The fourth-order valence-corrected chi connectivity index (χ4v) is 4.13. The van der Waals surface area contributed by atoms with Gasteiger partial charge in [-0.2, -0.15) is 0 Å². The van der Waals surface area contributed by atoms with Crippen LogP contribution in [-0.2, 0) is 6.42 Å². The fraction of sp³-hybridized carbons (Fsp3) is 0.286. The van der Waals surface area contributed by atoms with Gasteiger partial charge in [-0.25, -0.2) is 4.98 Å². The summed E-state index contributed by atoms with van der Waals surface area (Å²) in [4.78, 5) is 4.77. The number of allylic oxidation sites excluding steroid dienone is 1. The van der Waals surface area contributed by atoms with Crippen molar-refractivity contribution >= 4 is 22.0 Å². The van der Waals surface area contributed by atoms with Gasteiger partial charge in [0, 0.05) is 24.3 Å². The molecule has 1 N–H and O–H groups in total. The van der Waals surface area contributed by atoms with Crippen LogP contribution in [0.25, 0.3) is 16.1 Å². The lowest BCUT2D eigenvalue weighted by Crippen LogP contribution is -2.25. The van der Waals surface area contributed by atoms with E-state index in [2.05, 4.69) is 45.9 Å². The van der Waals surface area contributed by atoms with E-state index >= 15 is 0 Å². The predicted molar refractivity (Wildman–Crippen MR) is 108 cm³/mol. The second-order valence-corrected chi connectivity index (χ2v) is 7.87. The molecule has 1 aromatic carbocycles. The van der Waals surface area contributed by atoms with Crippen LogP contribution in [0.2, 0.25) is 0 Å². The van der Waals surface area contributed by atoms with Gasteiger partial charge in [-0.3, -0.25) is 0 Å². The van der Waals surface area contributed by atoms with Crippen molar-refractivity contribution in [2.24, 2.45) is 0 Å². The van der Waals surface area contributed by atoms with Gasteiger partial charge < -0.3 is 10.1 Å². The van der Waals surface area contributed by atoms with Gasteiger partial charge in [0.15, 0.2) is 0 Å². The normalized spacial score (nSPS) is 15.8. The topological polar surface area (TPSA) is 59.9 Å². The van der Waals surface area contributed by atoms with E-state index in [1.165, 1.54) is 23.1 Å². The van der Waals surface area contributed by atoms with Gasteiger partial charge in [0.05, 0.1) is 5.69 Å². The lowest BCUT2D eigenvalue weighted by Gasteiger charge is -2.25. The maximum Gasteiger partial charge on any atom is 0.214 e. The molecule has 3 aromatic rings. The largest absolute Gasteiger partial charge is 0.474 e. The smallest absolute Gasteiger partial charge is 0.214 e. The Morgan fingerprint density at radius 3 is 2.85 bits per heavy atom. The number of rotatable bonds is 5. The number of aromatic nitrogens is 3. The van der Waals surface area contributed by atoms with E-state index in [0.29, 0.717) is 6.10 Å². The Morgan fingerprint density at radius 1 is 1.15 bits per heavy atom. The van der Waals surface area contributed by atoms with Crippen LogP contribution < -0.4 is 10.1 Å². The Hall–Kier alpha value is -2.73. The van der Waals surface area contributed by atoms with Crippen molar-refractivity contribution in [3.05, 3.63) is 59.3 Å². The molecule has 0 amide bonds. The number of fused-ring (bicyclic) bond motifs is 1. The molecule has 1 saturated carbocycles. The minimum absolute atomic E-state index is 0.336. The lowest BCUT2D eigenvalue weighted by molar-refractivity contribution is 0.114. The number of hydrogen-bond donors (Lipinski definition) is 1. The SMILES string of the molecule is CNc1nnc(-c2ccc3c(c2)C(c2cccc(OC4CCC4)n2)=CC3)s1. The van der Waals surface area contributed by atoms with Crippen molar-refractivity contribution in [3.8, 4) is 16.5 Å². The second kappa shape index (κ2) is 6.78. The lowest BCUT2D eigenvalue weighted by atomic mass is 9.96. The van der Waals surface area contributed by atoms with Crippen LogP contribution in [-0.4, -0.2) is 28.3 Å². The molecule has 0 bridgehead atoms. The van der Waals surface area contributed by atoms with Crippen LogP contribution in [0, 0.1) is 0 Å². The third-order valence-electron chi connectivity index (χ3n) is 5.15. The van der Waals surface area contributed by atoms with Gasteiger partial charge in [-0.05, 0) is 48.9 Å². The zero-order valence-corrected chi connectivity index (χ0v) is 15.9. The van der Waals surface area contributed by atoms with Crippen LogP contribution in [0.5, 0.6) is 5.88 Å². The van der Waals surface area contributed by atoms with E-state index in [1.807, 2.05) is 19.2 Å². The van der Waals surface area contributed by atoms with E-state index in [-0.39, 0.29) is 0 Å². The number of anilines is 1. The van der Waals surface area contributed by atoms with Gasteiger partial charge in [-0.15, -0.1) is 10.2 Å². The molecule has 0 saturated heterocycles. The summed E-state index contributed by atoms with van der Waals surface area (Å²) in [6.45, 7) is 0. The standard InChI is InChI=1S/C21H20N4OS/c1-22-21-25-24-20(27-21)14-9-8-13-10-11-16(17(13)12-14)18-6-3-7-19(23-18)26-15-4-2-5-15/h3,6-9,11-12,15H,2,4-5,10H2,1H3,(H,22,25). The Morgan fingerprint density at radius 2 is 2.07 bits per heavy atom. The molecule has 2 heterocycles. The van der Waals surface area contributed by atoms with E-state index in [9.17, 15) is 0 Å². The van der Waals surface area contributed by atoms with Gasteiger partial charge in [-0.1, -0.05) is 35.6 Å². The molecule has 5 nitrogen and oxygen atoms in total. The monoisotopic (exact) mass is 376 g/mol. The third kappa shape index (κ3) is 3.10. The molecule has 2 aromatic heterocycles. The zero-order chi connectivity index (χ0) is 18.2. The summed E-state index contributed by atoms with van der Waals surface area (Å²) >= 11 is 1.56. The summed E-state index contributed by atoms with van der Waals surface area (Å²) in [5.74, 6) is 0.727. The highest BCUT2D eigenvalue weighted by molar-refractivity contribution is 7.18. The molecular formula is C21H20N4OS. The molecule has 0 atom stereocenters. The van der Waals surface area contributed by atoms with Gasteiger partial charge >= 0.3 is 0 Å². The van der Waals surface area contributed by atoms with Crippen molar-refractivity contribution in [2.75, 3.05) is 12.4 Å². The minimum Gasteiger partial charge on any atom is -0.474 e. The number of nitrogens with zero attached hydrogens (tertiary/aromatic N) is 3. The molecule has 0 unspecified atom stereocenters. The molecule has 1 fully saturated rings. The highest BCUT2D eigenvalue weighted by Crippen LogP contribution is 2.36. The summed E-state index contributed by atoms with van der Waals surface area (Å²) in [6.07, 6.45) is 7.05. The maximum atomic E-state index is 5.98. The van der Waals surface area contributed by atoms with Crippen molar-refractivity contribution in [3.63, 3.8) is 0 Å². The first kappa shape index (κ1) is 16.4. The number of ether oxygens (including phenoxy) is 1. The summed E-state index contributed by atoms with van der Waals surface area (Å²) in [7, 11) is 1.86. The molecule has 0 radical (unpaired) electrons. The molecule has 136 valence electrons. The molecular weight excluding hydrogens is 356 g/mol. The molecule has 0 spiro atoms. The van der Waals surface area contributed by atoms with Crippen LogP contribution >= 0.6 is 11.3 Å². The van der Waals surface area contributed by atoms with Crippen LogP contribution in [0.15, 0.2) is 42.5 Å². The van der Waals surface area contributed by atoms with Gasteiger partial charge in [0.1, 0.15) is 11.1 Å². The average Bonchev–Trinajstić information content (AvgIpc) is 3.31. The van der Waals surface area contributed by atoms with Gasteiger partial charge in [0.25, 0.3) is 0 Å². The Labute approximate surface area is 162 Å². The Balaban J connectivity index is 1.46. The second-order valence-electron chi connectivity index (χ2n) is 6.89. The highest BCUT2D eigenvalue weighted by Gasteiger charge is 2.21. The quantitative estimate of drug-likeness (QED) is 0.707. The summed E-state index contributed by atoms with van der Waals surface area (Å²) in [6, 6.07) is 12.6. The summed E-state index contributed by atoms with van der Waals surface area (Å²) in [5, 5.41) is 13.2. The van der Waals surface area contributed by atoms with E-state index in [0.717, 1.165) is 46.5 Å². The number of hydrogen-bond acceptors (Lipinski definition) is 6. The first-order valence-electron chi connectivity index (χ1n) is 9.29. The van der Waals surface area contributed by atoms with E-state index in [1.54, 1.807) is 11.3 Å². The zero-order valence-electron chi connectivity index (χ0n) is 15.1. The average molecular weight is 376 g/mol. The van der Waals surface area contributed by atoms with Crippen molar-refractivity contribution in [1.82, 2.24) is 15.2 Å². The van der Waals surface area contributed by atoms with Crippen molar-refractivity contribution in [2.45, 2.75) is 31.8 Å². The van der Waals surface area contributed by atoms with Crippen LogP contribution in [0.4, 0.5) is 5.13 Å². The molecule has 2 aliphatic rings. The van der Waals surface area contributed by atoms with Crippen LogP contribution in [0.3, 0.4) is 0 Å². The number of benzene rings is 1. The predicted octanol–water partition coefficient (Wildman–Crippen LogP) is 4.56. The van der Waals surface area contributed by atoms with Crippen molar-refractivity contribution in [1.29, 1.82) is 0 Å². The maximum absolute atomic E-state index is 5.98. The summed E-state index contributed by atoms with van der Waals surface area (Å²) < 4.78 is 5.98. The first-order valence-corrected chi connectivity index (χ1v) is 10.1. The first-order chi connectivity index (χ1) is 13.3. The fourth-order valence-electron chi connectivity index (χ4n) is 3.43. The Bertz CT molecular complexity index is 1020. The summed E-state index contributed by atoms with van der Waals surface area (Å²) in [5.41, 5.74) is 5.77. The number of nitrogens with one attached hydrogen (secondary N) is 1. The molecule has 6 heteroatoms.